The van der Waals surface area contributed by atoms with Crippen molar-refractivity contribution in [1.82, 2.24) is 0 Å². The Labute approximate surface area is 150 Å². The van der Waals surface area contributed by atoms with Crippen molar-refractivity contribution in [2.75, 3.05) is 0 Å². The zero-order valence-corrected chi connectivity index (χ0v) is 15.5. The minimum atomic E-state index is -5.73. The van der Waals surface area contributed by atoms with Crippen molar-refractivity contribution < 1.29 is 40.8 Å². The van der Waals surface area contributed by atoms with Crippen molar-refractivity contribution in [2.24, 2.45) is 0 Å². The van der Waals surface area contributed by atoms with Crippen LogP contribution in [0.5, 0.6) is 5.75 Å². The molecule has 1 unspecified atom stereocenters. The molecule has 26 heavy (non-hydrogen) atoms. The quantitative estimate of drug-likeness (QED) is 0.430. The maximum Gasteiger partial charge on any atom is 0.405 e. The molecule has 0 heterocycles. The number of aryl methyl sites for hydroxylation is 3. The van der Waals surface area contributed by atoms with E-state index in [0.717, 1.165) is 16.7 Å². The first kappa shape index (κ1) is 22.0. The molecule has 1 N–H and O–H groups in total. The van der Waals surface area contributed by atoms with Gasteiger partial charge in [0.1, 0.15) is 5.75 Å². The molecule has 1 aromatic rings. The Morgan fingerprint density at radius 3 is 2.04 bits per heavy atom. The summed E-state index contributed by atoms with van der Waals surface area (Å²) in [4.78, 5) is 23.4. The number of rotatable bonds is 7. The van der Waals surface area contributed by atoms with Crippen molar-refractivity contribution in [3.05, 3.63) is 28.8 Å². The third kappa shape index (κ3) is 5.46. The summed E-state index contributed by atoms with van der Waals surface area (Å²) >= 11 is 0. The second-order valence-electron chi connectivity index (χ2n) is 5.87. The number of carbonyl (C=O) groups excluding carboxylic acids is 2. The zero-order valence-electron chi connectivity index (χ0n) is 14.7. The van der Waals surface area contributed by atoms with Crippen LogP contribution in [0.2, 0.25) is 0 Å². The first-order valence-electron chi connectivity index (χ1n) is 7.58. The van der Waals surface area contributed by atoms with Gasteiger partial charge in [-0.05, 0) is 38.8 Å². The maximum atomic E-state index is 13.3. The summed E-state index contributed by atoms with van der Waals surface area (Å²) in [6.45, 7) is 5.99. The van der Waals surface area contributed by atoms with Crippen molar-refractivity contribution in [3.8, 4) is 5.75 Å². The molecular weight excluding hydrogens is 374 g/mol. The predicted octanol–water partition coefficient (Wildman–Crippen LogP) is 2.71. The largest absolute Gasteiger partial charge is 0.455 e. The van der Waals surface area contributed by atoms with Gasteiger partial charge in [0.05, 0.1) is 12.8 Å². The fourth-order valence-electron chi connectivity index (χ4n) is 2.23. The second kappa shape index (κ2) is 8.09. The van der Waals surface area contributed by atoms with Gasteiger partial charge in [0.25, 0.3) is 0 Å². The fourth-order valence-corrected chi connectivity index (χ4v) is 2.70. The van der Waals surface area contributed by atoms with Crippen molar-refractivity contribution >= 4 is 22.1 Å². The van der Waals surface area contributed by atoms with Crippen molar-refractivity contribution in [1.29, 1.82) is 0 Å². The lowest BCUT2D eigenvalue weighted by Crippen LogP contribution is -2.42. The lowest BCUT2D eigenvalue weighted by Gasteiger charge is -2.20. The average molecular weight is 394 g/mol. The molecule has 0 aliphatic rings. The summed E-state index contributed by atoms with van der Waals surface area (Å²) in [7, 11) is -5.73. The van der Waals surface area contributed by atoms with E-state index in [2.05, 4.69) is 4.74 Å². The molecule has 1 aromatic carbocycles. The van der Waals surface area contributed by atoms with Gasteiger partial charge < -0.3 is 9.47 Å². The van der Waals surface area contributed by atoms with Gasteiger partial charge in [0, 0.05) is 0 Å². The number of ether oxygens (including phenoxy) is 2. The second-order valence-corrected chi connectivity index (χ2v) is 7.37. The Morgan fingerprint density at radius 2 is 1.58 bits per heavy atom. The minimum absolute atomic E-state index is 0.347. The third-order valence-corrected chi connectivity index (χ3v) is 4.50. The van der Waals surface area contributed by atoms with E-state index < -0.39 is 46.3 Å². The van der Waals surface area contributed by atoms with E-state index in [-0.39, 0.29) is 0 Å². The van der Waals surface area contributed by atoms with Crippen LogP contribution in [0.15, 0.2) is 12.1 Å². The van der Waals surface area contributed by atoms with Gasteiger partial charge in [-0.15, -0.1) is 0 Å². The molecule has 0 aliphatic heterocycles. The Kier molecular flexibility index (Phi) is 6.83. The molecule has 0 saturated carbocycles. The van der Waals surface area contributed by atoms with E-state index in [0.29, 0.717) is 12.7 Å². The van der Waals surface area contributed by atoms with E-state index in [1.807, 2.05) is 19.1 Å². The van der Waals surface area contributed by atoms with E-state index in [4.69, 9.17) is 9.29 Å². The van der Waals surface area contributed by atoms with Crippen LogP contribution in [-0.2, 0) is 24.4 Å². The van der Waals surface area contributed by atoms with E-state index >= 15 is 0 Å². The lowest BCUT2D eigenvalue weighted by molar-refractivity contribution is -0.160. The number of alkyl halides is 2. The highest BCUT2D eigenvalue weighted by molar-refractivity contribution is 7.86. The predicted molar refractivity (Wildman–Crippen MR) is 87.6 cm³/mol. The van der Waals surface area contributed by atoms with Gasteiger partial charge in [-0.3, -0.25) is 14.1 Å². The molecule has 10 heteroatoms. The Balaban J connectivity index is 2.62. The highest BCUT2D eigenvalue weighted by atomic mass is 32.2. The highest BCUT2D eigenvalue weighted by Crippen LogP contribution is 2.28. The van der Waals surface area contributed by atoms with Crippen LogP contribution in [0, 0.1) is 20.8 Å². The molecule has 0 saturated heterocycles. The number of hydrogen-bond donors (Lipinski definition) is 1. The first-order valence-corrected chi connectivity index (χ1v) is 9.02. The molecule has 0 radical (unpaired) electrons. The number of carbonyl (C=O) groups is 2. The molecule has 0 bridgehead atoms. The van der Waals surface area contributed by atoms with Crippen LogP contribution in [0.4, 0.5) is 8.78 Å². The monoisotopic (exact) mass is 394 g/mol. The van der Waals surface area contributed by atoms with E-state index in [1.54, 1.807) is 13.8 Å². The summed E-state index contributed by atoms with van der Waals surface area (Å²) in [5.74, 6) is -1.65. The van der Waals surface area contributed by atoms with Crippen LogP contribution < -0.4 is 4.74 Å². The topological polar surface area (TPSA) is 107 Å². The zero-order chi connectivity index (χ0) is 20.3. The van der Waals surface area contributed by atoms with Crippen LogP contribution in [0.3, 0.4) is 0 Å². The van der Waals surface area contributed by atoms with Gasteiger partial charge in [-0.1, -0.05) is 17.7 Å². The molecular formula is C16H20F2O7S. The van der Waals surface area contributed by atoms with Gasteiger partial charge in [-0.2, -0.15) is 17.2 Å². The molecule has 0 aromatic heterocycles. The van der Waals surface area contributed by atoms with Crippen LogP contribution in [0.1, 0.15) is 36.5 Å². The maximum absolute atomic E-state index is 13.3. The van der Waals surface area contributed by atoms with Crippen LogP contribution in [-0.4, -0.2) is 36.3 Å². The minimum Gasteiger partial charge on any atom is -0.455 e. The third-order valence-electron chi connectivity index (χ3n) is 3.48. The first-order chi connectivity index (χ1) is 11.8. The summed E-state index contributed by atoms with van der Waals surface area (Å²) < 4.78 is 65.6. The SMILES string of the molecule is Cc1cc(C)c(OC(=O)CCC(=O)OC(C)C(F)(F)S(=O)(=O)O)c(C)c1. The highest BCUT2D eigenvalue weighted by Gasteiger charge is 2.51. The number of hydrogen-bond acceptors (Lipinski definition) is 6. The van der Waals surface area contributed by atoms with Gasteiger partial charge in [0.15, 0.2) is 6.10 Å². The van der Waals surface area contributed by atoms with Gasteiger partial charge >= 0.3 is 27.3 Å². The van der Waals surface area contributed by atoms with E-state index in [9.17, 15) is 26.8 Å². The van der Waals surface area contributed by atoms with Gasteiger partial charge in [-0.25, -0.2) is 0 Å². The van der Waals surface area contributed by atoms with Gasteiger partial charge in [0.2, 0.25) is 0 Å². The molecule has 1 atom stereocenters. The number of halogens is 2. The Bertz CT molecular complexity index is 780. The fraction of sp³-hybridized carbons (Fsp3) is 0.500. The summed E-state index contributed by atoms with van der Waals surface area (Å²) in [5, 5.41) is -4.65. The normalized spacial score (nSPS) is 13.2. The number of benzene rings is 1. The summed E-state index contributed by atoms with van der Waals surface area (Å²) in [6, 6.07) is 3.62. The van der Waals surface area contributed by atoms with Crippen LogP contribution >= 0.6 is 0 Å². The standard InChI is InChI=1S/C16H20F2O7S/c1-9-7-10(2)15(11(3)8-9)25-14(20)6-5-13(19)24-12(4)16(17,18)26(21,22)23/h7-8,12H,5-6H2,1-4H3,(H,21,22,23). The lowest BCUT2D eigenvalue weighted by atomic mass is 10.1. The summed E-state index contributed by atoms with van der Waals surface area (Å²) in [6.07, 6.45) is -3.45. The summed E-state index contributed by atoms with van der Waals surface area (Å²) in [5.41, 5.74) is 2.43. The average Bonchev–Trinajstić information content (AvgIpc) is 2.47. The van der Waals surface area contributed by atoms with Crippen LogP contribution in [0.25, 0.3) is 0 Å². The molecule has 146 valence electrons. The molecule has 0 amide bonds. The van der Waals surface area contributed by atoms with E-state index in [1.165, 1.54) is 0 Å². The number of esters is 2. The Hall–Kier alpha value is -2.07. The smallest absolute Gasteiger partial charge is 0.405 e. The molecule has 0 spiro atoms. The molecule has 0 aliphatic carbocycles. The van der Waals surface area contributed by atoms with Crippen molar-refractivity contribution in [3.63, 3.8) is 0 Å². The van der Waals surface area contributed by atoms with Crippen molar-refractivity contribution in [2.45, 2.75) is 51.9 Å². The Morgan fingerprint density at radius 1 is 1.12 bits per heavy atom. The molecule has 7 nitrogen and oxygen atoms in total. The molecule has 0 fully saturated rings. The molecule has 1 rings (SSSR count).